The van der Waals surface area contributed by atoms with Crippen LogP contribution in [0.3, 0.4) is 0 Å². The first kappa shape index (κ1) is 21.5. The third-order valence-electron chi connectivity index (χ3n) is 5.16. The fourth-order valence-corrected chi connectivity index (χ4v) is 7.22. The molecule has 0 heterocycles. The van der Waals surface area contributed by atoms with Crippen LogP contribution >= 0.6 is 7.92 Å². The molecule has 0 saturated heterocycles. The predicted molar refractivity (Wildman–Crippen MR) is 111 cm³/mol. The Balaban J connectivity index is 2.80. The summed E-state index contributed by atoms with van der Waals surface area (Å²) in [4.78, 5) is 0. The Kier molecular flexibility index (Phi) is 7.36. The van der Waals surface area contributed by atoms with Gasteiger partial charge in [-0.15, -0.1) is 0 Å². The van der Waals surface area contributed by atoms with Crippen molar-refractivity contribution in [2.24, 2.45) is 0 Å². The number of benzene rings is 1. The van der Waals surface area contributed by atoms with Crippen molar-refractivity contribution in [1.29, 1.82) is 0 Å². The van der Waals surface area contributed by atoms with Crippen molar-refractivity contribution >= 4 is 7.92 Å². The minimum atomic E-state index is -0.133. The normalized spacial score (nSPS) is 13.4. The van der Waals surface area contributed by atoms with Crippen molar-refractivity contribution in [2.45, 2.75) is 97.5 Å². The van der Waals surface area contributed by atoms with E-state index in [2.05, 4.69) is 86.6 Å². The van der Waals surface area contributed by atoms with Crippen LogP contribution in [0.2, 0.25) is 0 Å². The zero-order valence-corrected chi connectivity index (χ0v) is 18.4. The first-order valence-corrected chi connectivity index (χ1v) is 11.0. The third kappa shape index (κ3) is 6.40. The quantitative estimate of drug-likeness (QED) is 0.448. The molecule has 0 aliphatic rings. The van der Waals surface area contributed by atoms with Crippen LogP contribution in [0.1, 0.15) is 80.7 Å². The van der Waals surface area contributed by atoms with E-state index in [0.717, 1.165) is 5.75 Å². The molecular weight excluding hydrogens is 311 g/mol. The van der Waals surface area contributed by atoms with Crippen molar-refractivity contribution < 1.29 is 4.74 Å². The van der Waals surface area contributed by atoms with Gasteiger partial charge in [0.2, 0.25) is 0 Å². The Morgan fingerprint density at radius 3 is 1.62 bits per heavy atom. The van der Waals surface area contributed by atoms with Crippen LogP contribution in [0.5, 0.6) is 5.75 Å². The van der Waals surface area contributed by atoms with Gasteiger partial charge < -0.3 is 4.74 Å². The van der Waals surface area contributed by atoms with Crippen LogP contribution in [-0.4, -0.2) is 22.1 Å². The number of ether oxygens (including phenoxy) is 1. The van der Waals surface area contributed by atoms with Crippen LogP contribution in [0.15, 0.2) is 24.3 Å². The third-order valence-corrected chi connectivity index (χ3v) is 9.39. The van der Waals surface area contributed by atoms with Crippen molar-refractivity contribution in [3.05, 3.63) is 29.8 Å². The maximum atomic E-state index is 5.93. The molecule has 1 nitrogen and oxygen atoms in total. The Morgan fingerprint density at radius 2 is 1.25 bits per heavy atom. The lowest BCUT2D eigenvalue weighted by atomic mass is 10.1. The molecule has 1 aromatic rings. The molecule has 0 unspecified atom stereocenters. The minimum absolute atomic E-state index is 0.0321. The molecule has 0 N–H and O–H groups in total. The standard InChI is InChI=1S/C22H39OP/c1-10-21(6,7)24(22(8,9)11-2)17-16-18-12-14-19(15-13-18)23-20(3,4)5/h12-15H,10-11,16-17H2,1-9H3. The molecule has 0 bridgehead atoms. The second-order valence-electron chi connectivity index (χ2n) is 9.09. The predicted octanol–water partition coefficient (Wildman–Crippen LogP) is 7.27. The van der Waals surface area contributed by atoms with E-state index >= 15 is 0 Å². The maximum Gasteiger partial charge on any atom is 0.120 e. The Hall–Kier alpha value is -0.550. The van der Waals surface area contributed by atoms with E-state index in [1.54, 1.807) is 0 Å². The molecule has 0 spiro atoms. The molecule has 0 fully saturated rings. The highest BCUT2D eigenvalue weighted by Crippen LogP contribution is 2.62. The summed E-state index contributed by atoms with van der Waals surface area (Å²) in [5.74, 6) is 0.969. The monoisotopic (exact) mass is 350 g/mol. The van der Waals surface area contributed by atoms with Crippen molar-refractivity contribution in [3.8, 4) is 5.75 Å². The van der Waals surface area contributed by atoms with Gasteiger partial charge in [0, 0.05) is 0 Å². The van der Waals surface area contributed by atoms with Gasteiger partial charge in [0.05, 0.1) is 0 Å². The lowest BCUT2D eigenvalue weighted by Crippen LogP contribution is -2.31. The molecule has 0 amide bonds. The van der Waals surface area contributed by atoms with Gasteiger partial charge in [-0.2, -0.15) is 0 Å². The van der Waals surface area contributed by atoms with Crippen LogP contribution in [0.4, 0.5) is 0 Å². The summed E-state index contributed by atoms with van der Waals surface area (Å²) < 4.78 is 5.93. The van der Waals surface area contributed by atoms with E-state index in [1.807, 2.05) is 0 Å². The Bertz CT molecular complexity index is 478. The van der Waals surface area contributed by atoms with Gasteiger partial charge in [-0.05, 0) is 74.2 Å². The van der Waals surface area contributed by atoms with Gasteiger partial charge in [0.1, 0.15) is 11.4 Å². The zero-order valence-electron chi connectivity index (χ0n) is 17.5. The van der Waals surface area contributed by atoms with Gasteiger partial charge >= 0.3 is 0 Å². The molecular formula is C22H39OP. The van der Waals surface area contributed by atoms with E-state index in [-0.39, 0.29) is 13.5 Å². The topological polar surface area (TPSA) is 9.23 Å². The summed E-state index contributed by atoms with van der Waals surface area (Å²) in [5.41, 5.74) is 1.30. The lowest BCUT2D eigenvalue weighted by Gasteiger charge is -2.45. The van der Waals surface area contributed by atoms with Gasteiger partial charge in [0.25, 0.3) is 0 Å². The summed E-state index contributed by atoms with van der Waals surface area (Å²) in [6, 6.07) is 8.73. The van der Waals surface area contributed by atoms with E-state index < -0.39 is 0 Å². The van der Waals surface area contributed by atoms with E-state index in [4.69, 9.17) is 4.74 Å². The largest absolute Gasteiger partial charge is 0.488 e. The maximum absolute atomic E-state index is 5.93. The Morgan fingerprint density at radius 1 is 0.792 bits per heavy atom. The summed E-state index contributed by atoms with van der Waals surface area (Å²) in [6.07, 6.45) is 5.02. The van der Waals surface area contributed by atoms with Crippen LogP contribution in [0.25, 0.3) is 0 Å². The molecule has 2 heteroatoms. The number of aryl methyl sites for hydroxylation is 1. The average Bonchev–Trinajstić information content (AvgIpc) is 2.47. The van der Waals surface area contributed by atoms with Crippen LogP contribution in [0, 0.1) is 0 Å². The lowest BCUT2D eigenvalue weighted by molar-refractivity contribution is 0.131. The highest BCUT2D eigenvalue weighted by atomic mass is 31.1. The first-order chi connectivity index (χ1) is 10.9. The Labute approximate surface area is 152 Å². The van der Waals surface area contributed by atoms with Gasteiger partial charge in [0.15, 0.2) is 0 Å². The molecule has 0 aliphatic carbocycles. The summed E-state index contributed by atoms with van der Waals surface area (Å²) in [5, 5.41) is 0.897. The fourth-order valence-electron chi connectivity index (χ4n) is 3.13. The molecule has 0 saturated carbocycles. The van der Waals surface area contributed by atoms with E-state index in [0.29, 0.717) is 10.3 Å². The summed E-state index contributed by atoms with van der Waals surface area (Å²) in [6.45, 7) is 20.8. The first-order valence-electron chi connectivity index (χ1n) is 9.47. The average molecular weight is 351 g/mol. The van der Waals surface area contributed by atoms with Crippen molar-refractivity contribution in [2.75, 3.05) is 6.16 Å². The van der Waals surface area contributed by atoms with E-state index in [9.17, 15) is 0 Å². The molecule has 1 rings (SSSR count). The number of hydrogen-bond acceptors (Lipinski definition) is 1. The summed E-state index contributed by atoms with van der Waals surface area (Å²) in [7, 11) is -0.0321. The second kappa shape index (κ2) is 8.22. The van der Waals surface area contributed by atoms with Gasteiger partial charge in [-0.3, -0.25) is 0 Å². The fraction of sp³-hybridized carbons (Fsp3) is 0.727. The number of rotatable bonds is 8. The van der Waals surface area contributed by atoms with Gasteiger partial charge in [-0.25, -0.2) is 0 Å². The van der Waals surface area contributed by atoms with Crippen LogP contribution < -0.4 is 4.74 Å². The zero-order chi connectivity index (χ0) is 18.6. The van der Waals surface area contributed by atoms with Crippen molar-refractivity contribution in [1.82, 2.24) is 0 Å². The molecule has 138 valence electrons. The number of hydrogen-bond donors (Lipinski definition) is 0. The van der Waals surface area contributed by atoms with Crippen LogP contribution in [-0.2, 0) is 6.42 Å². The van der Waals surface area contributed by atoms with Gasteiger partial charge in [-0.1, -0.05) is 61.6 Å². The van der Waals surface area contributed by atoms with E-state index in [1.165, 1.54) is 31.0 Å². The molecule has 0 aliphatic heterocycles. The van der Waals surface area contributed by atoms with Crippen molar-refractivity contribution in [3.63, 3.8) is 0 Å². The molecule has 1 aromatic carbocycles. The molecule has 0 radical (unpaired) electrons. The molecule has 0 atom stereocenters. The smallest absolute Gasteiger partial charge is 0.120 e. The highest BCUT2D eigenvalue weighted by Gasteiger charge is 2.37. The highest BCUT2D eigenvalue weighted by molar-refractivity contribution is 7.60. The SMILES string of the molecule is CCC(C)(C)P(CCc1ccc(OC(C)(C)C)cc1)C(C)(C)CC. The summed E-state index contributed by atoms with van der Waals surface area (Å²) >= 11 is 0. The molecule has 24 heavy (non-hydrogen) atoms. The second-order valence-corrected chi connectivity index (χ2v) is 12.8. The molecule has 0 aromatic heterocycles. The minimum Gasteiger partial charge on any atom is -0.488 e.